The summed E-state index contributed by atoms with van der Waals surface area (Å²) in [4.78, 5) is 2.22. The second-order valence-corrected chi connectivity index (χ2v) is 3.84. The second kappa shape index (κ2) is 6.28. The number of rotatable bonds is 5. The molecule has 84 valence electrons. The van der Waals surface area contributed by atoms with Crippen LogP contribution in [-0.4, -0.2) is 18.5 Å². The largest absolute Gasteiger partial charge is 0.378 e. The van der Waals surface area contributed by atoms with Crippen LogP contribution in [0.2, 0.25) is 0 Å². The highest BCUT2D eigenvalue weighted by Gasteiger charge is 2.03. The molecule has 0 rings (SSSR count). The first-order valence-electron chi connectivity index (χ1n) is 5.32. The third-order valence-electron chi connectivity index (χ3n) is 2.80. The zero-order valence-electron chi connectivity index (χ0n) is 10.7. The maximum Gasteiger partial charge on any atom is 0.0143 e. The molecule has 1 heteroatoms. The van der Waals surface area contributed by atoms with Crippen LogP contribution in [0.3, 0.4) is 0 Å². The molecule has 15 heavy (non-hydrogen) atoms. The van der Waals surface area contributed by atoms with Crippen molar-refractivity contribution in [1.29, 1.82) is 0 Å². The van der Waals surface area contributed by atoms with Crippen LogP contribution >= 0.6 is 0 Å². The summed E-state index contributed by atoms with van der Waals surface area (Å²) in [6.45, 7) is 17.2. The molecule has 0 aromatic rings. The van der Waals surface area contributed by atoms with E-state index in [1.165, 1.54) is 11.3 Å². The van der Waals surface area contributed by atoms with Crippen LogP contribution in [0.25, 0.3) is 0 Å². The maximum atomic E-state index is 4.07. The van der Waals surface area contributed by atoms with Crippen LogP contribution in [-0.2, 0) is 0 Å². The van der Waals surface area contributed by atoms with E-state index in [1.54, 1.807) is 0 Å². The van der Waals surface area contributed by atoms with Crippen molar-refractivity contribution in [2.24, 2.45) is 0 Å². The summed E-state index contributed by atoms with van der Waals surface area (Å²) < 4.78 is 0. The molecule has 1 nitrogen and oxygen atoms in total. The lowest BCUT2D eigenvalue weighted by atomic mass is 10.0. The Labute approximate surface area is 94.5 Å². The van der Waals surface area contributed by atoms with Crippen LogP contribution in [0.4, 0.5) is 0 Å². The van der Waals surface area contributed by atoms with E-state index >= 15 is 0 Å². The van der Waals surface area contributed by atoms with E-state index in [9.17, 15) is 0 Å². The van der Waals surface area contributed by atoms with Gasteiger partial charge in [-0.2, -0.15) is 0 Å². The summed E-state index contributed by atoms with van der Waals surface area (Å²) in [5, 5.41) is 0. The van der Waals surface area contributed by atoms with Crippen LogP contribution in [0.1, 0.15) is 27.7 Å². The molecule has 0 aliphatic carbocycles. The molecule has 0 aromatic heterocycles. The molecule has 0 N–H and O–H groups in total. The molecule has 0 aliphatic heterocycles. The summed E-state index contributed by atoms with van der Waals surface area (Å²) in [5.41, 5.74) is 4.72. The van der Waals surface area contributed by atoms with Crippen molar-refractivity contribution < 1.29 is 0 Å². The highest BCUT2D eigenvalue weighted by molar-refractivity contribution is 5.41. The third-order valence-corrected chi connectivity index (χ3v) is 2.80. The van der Waals surface area contributed by atoms with E-state index in [2.05, 4.69) is 52.0 Å². The van der Waals surface area contributed by atoms with Gasteiger partial charge >= 0.3 is 0 Å². The smallest absolute Gasteiger partial charge is 0.0143 e. The monoisotopic (exact) mass is 205 g/mol. The van der Waals surface area contributed by atoms with E-state index < -0.39 is 0 Å². The minimum Gasteiger partial charge on any atom is -0.378 e. The number of hydrogen-bond acceptors (Lipinski definition) is 1. The van der Waals surface area contributed by atoms with Gasteiger partial charge in [-0.3, -0.25) is 0 Å². The normalized spacial score (nSPS) is 13.3. The van der Waals surface area contributed by atoms with E-state index in [0.717, 1.165) is 17.7 Å². The van der Waals surface area contributed by atoms with Gasteiger partial charge in [0.25, 0.3) is 0 Å². The predicted octanol–water partition coefficient (Wildman–Crippen LogP) is 3.92. The van der Waals surface area contributed by atoms with Gasteiger partial charge in [0.1, 0.15) is 0 Å². The Morgan fingerprint density at radius 1 is 1.27 bits per heavy atom. The number of hydrogen-bond donors (Lipinski definition) is 0. The first-order valence-corrected chi connectivity index (χ1v) is 5.32. The zero-order valence-corrected chi connectivity index (χ0v) is 10.7. The molecule has 0 unspecified atom stereocenters. The van der Waals surface area contributed by atoms with Crippen LogP contribution in [0, 0.1) is 0 Å². The summed E-state index contributed by atoms with van der Waals surface area (Å²) in [6, 6.07) is 0. The van der Waals surface area contributed by atoms with Gasteiger partial charge < -0.3 is 4.90 Å². The fraction of sp³-hybridized carbons (Fsp3) is 0.429. The summed E-state index contributed by atoms with van der Waals surface area (Å²) >= 11 is 0. The topological polar surface area (TPSA) is 3.24 Å². The Morgan fingerprint density at radius 2 is 1.80 bits per heavy atom. The first kappa shape index (κ1) is 13.8. The van der Waals surface area contributed by atoms with Gasteiger partial charge in [0.2, 0.25) is 0 Å². The van der Waals surface area contributed by atoms with Crippen LogP contribution < -0.4 is 0 Å². The summed E-state index contributed by atoms with van der Waals surface area (Å²) in [6.07, 6.45) is 3.91. The van der Waals surface area contributed by atoms with E-state index in [-0.39, 0.29) is 0 Å². The van der Waals surface area contributed by atoms with Gasteiger partial charge in [-0.05, 0) is 38.8 Å². The maximum absolute atomic E-state index is 4.07. The highest BCUT2D eigenvalue weighted by Crippen LogP contribution is 2.17. The summed E-state index contributed by atoms with van der Waals surface area (Å²) in [5.74, 6) is 0. The minimum absolute atomic E-state index is 1.01. The van der Waals surface area contributed by atoms with Crippen molar-refractivity contribution in [3.63, 3.8) is 0 Å². The Balaban J connectivity index is 4.92. The molecule has 0 atom stereocenters. The number of allylic oxidation sites excluding steroid dienone is 6. The van der Waals surface area contributed by atoms with Gasteiger partial charge in [-0.15, -0.1) is 0 Å². The molecular weight excluding hydrogens is 182 g/mol. The average Bonchev–Trinajstić information content (AvgIpc) is 2.25. The molecule has 0 aliphatic rings. The van der Waals surface area contributed by atoms with Gasteiger partial charge in [0, 0.05) is 19.3 Å². The van der Waals surface area contributed by atoms with Gasteiger partial charge in [0.15, 0.2) is 0 Å². The molecule has 0 saturated heterocycles. The lowest BCUT2D eigenvalue weighted by Crippen LogP contribution is -2.16. The van der Waals surface area contributed by atoms with Gasteiger partial charge in [0.05, 0.1) is 0 Å². The molecular formula is C14H23N. The van der Waals surface area contributed by atoms with E-state index in [1.807, 2.05) is 13.0 Å². The van der Waals surface area contributed by atoms with Crippen molar-refractivity contribution in [3.05, 3.63) is 47.7 Å². The fourth-order valence-corrected chi connectivity index (χ4v) is 1.20. The van der Waals surface area contributed by atoms with Crippen molar-refractivity contribution in [2.75, 3.05) is 13.6 Å². The van der Waals surface area contributed by atoms with Crippen molar-refractivity contribution in [1.82, 2.24) is 4.90 Å². The quantitative estimate of drug-likeness (QED) is 0.615. The second-order valence-electron chi connectivity index (χ2n) is 3.84. The lowest BCUT2D eigenvalue weighted by Gasteiger charge is -2.20. The molecule has 0 heterocycles. The molecule has 0 saturated carbocycles. The molecule has 0 aromatic carbocycles. The van der Waals surface area contributed by atoms with Crippen molar-refractivity contribution in [3.8, 4) is 0 Å². The Bertz CT molecular complexity index is 305. The van der Waals surface area contributed by atoms with E-state index in [0.29, 0.717) is 0 Å². The van der Waals surface area contributed by atoms with Crippen LogP contribution in [0.5, 0.6) is 0 Å². The first-order chi connectivity index (χ1) is 6.93. The fourth-order valence-electron chi connectivity index (χ4n) is 1.20. The average molecular weight is 205 g/mol. The van der Waals surface area contributed by atoms with Crippen molar-refractivity contribution >= 4 is 0 Å². The molecule has 0 fully saturated rings. The van der Waals surface area contributed by atoms with Crippen LogP contribution in [0.15, 0.2) is 47.7 Å². The van der Waals surface area contributed by atoms with E-state index in [4.69, 9.17) is 0 Å². The third kappa shape index (κ3) is 4.20. The standard InChI is InChI=1S/C14H23N/c1-8-11(3)10-12(4)13(5)14(6)15(7)9-2/h8,10H,1,4,9H2,2-3,5-7H3/b11-10+,14-13-. The summed E-state index contributed by atoms with van der Waals surface area (Å²) in [7, 11) is 2.09. The predicted molar refractivity (Wildman–Crippen MR) is 69.8 cm³/mol. The SMILES string of the molecule is C=C/C(C)=C/C(=C)/C(C)=C(/C)N(C)CC. The molecule has 0 spiro atoms. The number of nitrogens with zero attached hydrogens (tertiary/aromatic N) is 1. The lowest BCUT2D eigenvalue weighted by molar-refractivity contribution is 0.439. The zero-order chi connectivity index (χ0) is 12.0. The minimum atomic E-state index is 1.01. The highest BCUT2D eigenvalue weighted by atomic mass is 15.1. The Hall–Kier alpha value is -1.24. The molecule has 0 amide bonds. The Kier molecular flexibility index (Phi) is 5.76. The van der Waals surface area contributed by atoms with Crippen molar-refractivity contribution in [2.45, 2.75) is 27.7 Å². The van der Waals surface area contributed by atoms with Gasteiger partial charge in [-0.1, -0.05) is 30.9 Å². The molecule has 0 radical (unpaired) electrons. The molecule has 0 bridgehead atoms. The Morgan fingerprint density at radius 3 is 2.20 bits per heavy atom. The van der Waals surface area contributed by atoms with Gasteiger partial charge in [-0.25, -0.2) is 0 Å².